The molecule has 0 saturated carbocycles. The third-order valence-corrected chi connectivity index (χ3v) is 3.38. The van der Waals surface area contributed by atoms with Gasteiger partial charge in [-0.25, -0.2) is 0 Å². The van der Waals surface area contributed by atoms with Crippen molar-refractivity contribution in [3.05, 3.63) is 83.8 Å². The molecule has 1 heterocycles. The van der Waals surface area contributed by atoms with Crippen molar-refractivity contribution >= 4 is 23.2 Å². The van der Waals surface area contributed by atoms with Crippen LogP contribution in [0.25, 0.3) is 0 Å². The Morgan fingerprint density at radius 1 is 0.880 bits per heavy atom. The molecule has 6 heteroatoms. The minimum absolute atomic E-state index is 0.197. The van der Waals surface area contributed by atoms with Gasteiger partial charge in [0.1, 0.15) is 0 Å². The number of nitrogens with one attached hydrogen (secondary N) is 2. The minimum atomic E-state index is -0.379. The second-order valence-electron chi connectivity index (χ2n) is 5.16. The molecule has 122 valence electrons. The Morgan fingerprint density at radius 3 is 2.28 bits per heavy atom. The van der Waals surface area contributed by atoms with E-state index in [1.54, 1.807) is 54.6 Å². The normalized spacial score (nSPS) is 9.88. The summed E-state index contributed by atoms with van der Waals surface area (Å²) in [5.41, 5.74) is 1.82. The zero-order valence-corrected chi connectivity index (χ0v) is 13.0. The number of hydrogen-bond donors (Lipinski definition) is 2. The summed E-state index contributed by atoms with van der Waals surface area (Å²) < 4.78 is 5.03. The van der Waals surface area contributed by atoms with Crippen LogP contribution < -0.4 is 10.6 Å². The fourth-order valence-electron chi connectivity index (χ4n) is 2.21. The number of amides is 2. The maximum absolute atomic E-state index is 12.3. The lowest BCUT2D eigenvalue weighted by Crippen LogP contribution is -2.13. The molecule has 2 N–H and O–H groups in total. The standard InChI is InChI=1S/C19H13N3O3/c20-12-13-4-1-5-14(10-13)18(23)21-15-6-2-7-16(11-15)22-19(24)17-8-3-9-25-17/h1-11H,(H,21,23)(H,22,24). The summed E-state index contributed by atoms with van der Waals surface area (Å²) in [6, 6.07) is 18.3. The maximum Gasteiger partial charge on any atom is 0.291 e. The molecule has 6 nitrogen and oxygen atoms in total. The first kappa shape index (κ1) is 16.0. The van der Waals surface area contributed by atoms with Gasteiger partial charge in [0.05, 0.1) is 17.9 Å². The van der Waals surface area contributed by atoms with E-state index in [-0.39, 0.29) is 17.6 Å². The monoisotopic (exact) mass is 331 g/mol. The average Bonchev–Trinajstić information content (AvgIpc) is 3.17. The quantitative estimate of drug-likeness (QED) is 0.762. The molecule has 0 aliphatic carbocycles. The number of carbonyl (C=O) groups is 2. The lowest BCUT2D eigenvalue weighted by atomic mass is 10.1. The van der Waals surface area contributed by atoms with E-state index in [9.17, 15) is 9.59 Å². The molecule has 3 rings (SSSR count). The molecular weight excluding hydrogens is 318 g/mol. The Bertz CT molecular complexity index is 956. The van der Waals surface area contributed by atoms with Crippen LogP contribution in [0.1, 0.15) is 26.5 Å². The summed E-state index contributed by atoms with van der Waals surface area (Å²) in [6.45, 7) is 0. The number of benzene rings is 2. The third kappa shape index (κ3) is 3.92. The van der Waals surface area contributed by atoms with Crippen molar-refractivity contribution in [1.82, 2.24) is 0 Å². The number of anilines is 2. The molecule has 2 amide bonds. The zero-order valence-electron chi connectivity index (χ0n) is 13.0. The van der Waals surface area contributed by atoms with Gasteiger partial charge in [0.15, 0.2) is 5.76 Å². The van der Waals surface area contributed by atoms with Crippen molar-refractivity contribution in [3.8, 4) is 6.07 Å². The number of furan rings is 1. The fraction of sp³-hybridized carbons (Fsp3) is 0. The van der Waals surface area contributed by atoms with Crippen LogP contribution in [0.3, 0.4) is 0 Å². The number of carbonyl (C=O) groups excluding carboxylic acids is 2. The predicted octanol–water partition coefficient (Wildman–Crippen LogP) is 3.66. The van der Waals surface area contributed by atoms with Crippen LogP contribution in [0.15, 0.2) is 71.3 Å². The average molecular weight is 331 g/mol. The molecule has 0 bridgehead atoms. The molecule has 0 atom stereocenters. The molecular formula is C19H13N3O3. The molecule has 0 spiro atoms. The number of nitrogens with zero attached hydrogens (tertiary/aromatic N) is 1. The van der Waals surface area contributed by atoms with E-state index in [0.29, 0.717) is 22.5 Å². The van der Waals surface area contributed by atoms with Crippen molar-refractivity contribution in [2.24, 2.45) is 0 Å². The van der Waals surface area contributed by atoms with Crippen LogP contribution in [0.2, 0.25) is 0 Å². The predicted molar refractivity (Wildman–Crippen MR) is 92.2 cm³/mol. The van der Waals surface area contributed by atoms with E-state index in [4.69, 9.17) is 9.68 Å². The van der Waals surface area contributed by atoms with Crippen LogP contribution in [0, 0.1) is 11.3 Å². The molecule has 3 aromatic rings. The van der Waals surface area contributed by atoms with Gasteiger partial charge < -0.3 is 15.1 Å². The largest absolute Gasteiger partial charge is 0.459 e. The van der Waals surface area contributed by atoms with Gasteiger partial charge in [-0.05, 0) is 48.5 Å². The highest BCUT2D eigenvalue weighted by Crippen LogP contribution is 2.17. The van der Waals surface area contributed by atoms with Crippen LogP contribution in [-0.4, -0.2) is 11.8 Å². The van der Waals surface area contributed by atoms with Crippen molar-refractivity contribution in [1.29, 1.82) is 5.26 Å². The molecule has 2 aromatic carbocycles. The number of rotatable bonds is 4. The fourth-order valence-corrected chi connectivity index (χ4v) is 2.21. The molecule has 1 aromatic heterocycles. The van der Waals surface area contributed by atoms with Crippen LogP contribution >= 0.6 is 0 Å². The van der Waals surface area contributed by atoms with Crippen LogP contribution in [0.4, 0.5) is 11.4 Å². The maximum atomic E-state index is 12.3. The lowest BCUT2D eigenvalue weighted by Gasteiger charge is -2.08. The molecule has 0 saturated heterocycles. The SMILES string of the molecule is N#Cc1cccc(C(=O)Nc2cccc(NC(=O)c3ccco3)c2)c1. The Kier molecular flexibility index (Phi) is 4.58. The van der Waals surface area contributed by atoms with E-state index in [1.807, 2.05) is 6.07 Å². The van der Waals surface area contributed by atoms with Gasteiger partial charge in [-0.1, -0.05) is 12.1 Å². The number of nitriles is 1. The molecule has 25 heavy (non-hydrogen) atoms. The van der Waals surface area contributed by atoms with Gasteiger partial charge in [-0.15, -0.1) is 0 Å². The molecule has 0 fully saturated rings. The minimum Gasteiger partial charge on any atom is -0.459 e. The van der Waals surface area contributed by atoms with Gasteiger partial charge >= 0.3 is 0 Å². The Labute approximate surface area is 143 Å². The van der Waals surface area contributed by atoms with Crippen molar-refractivity contribution in [3.63, 3.8) is 0 Å². The van der Waals surface area contributed by atoms with Gasteiger partial charge in [-0.2, -0.15) is 5.26 Å². The van der Waals surface area contributed by atoms with Crippen LogP contribution in [-0.2, 0) is 0 Å². The van der Waals surface area contributed by atoms with E-state index in [2.05, 4.69) is 10.6 Å². The Hall–Kier alpha value is -3.85. The third-order valence-electron chi connectivity index (χ3n) is 3.38. The summed E-state index contributed by atoms with van der Waals surface area (Å²) in [7, 11) is 0. The summed E-state index contributed by atoms with van der Waals surface area (Å²) in [4.78, 5) is 24.3. The summed E-state index contributed by atoms with van der Waals surface area (Å²) >= 11 is 0. The van der Waals surface area contributed by atoms with Gasteiger partial charge in [0.2, 0.25) is 0 Å². The first-order valence-electron chi connectivity index (χ1n) is 7.42. The van der Waals surface area contributed by atoms with Gasteiger partial charge in [0.25, 0.3) is 11.8 Å². The smallest absolute Gasteiger partial charge is 0.291 e. The van der Waals surface area contributed by atoms with E-state index < -0.39 is 0 Å². The topological polar surface area (TPSA) is 95.1 Å². The molecule has 0 aliphatic heterocycles. The molecule has 0 radical (unpaired) electrons. The van der Waals surface area contributed by atoms with Gasteiger partial charge in [0, 0.05) is 16.9 Å². The Morgan fingerprint density at radius 2 is 1.60 bits per heavy atom. The van der Waals surface area contributed by atoms with Crippen molar-refractivity contribution in [2.75, 3.05) is 10.6 Å². The lowest BCUT2D eigenvalue weighted by molar-refractivity contribution is 0.0995. The van der Waals surface area contributed by atoms with E-state index in [0.717, 1.165) is 0 Å². The molecule has 0 aliphatic rings. The second kappa shape index (κ2) is 7.15. The highest BCUT2D eigenvalue weighted by atomic mass is 16.3. The number of hydrogen-bond acceptors (Lipinski definition) is 4. The summed E-state index contributed by atoms with van der Waals surface area (Å²) in [5.74, 6) is -0.524. The van der Waals surface area contributed by atoms with Crippen molar-refractivity contribution < 1.29 is 14.0 Å². The first-order chi connectivity index (χ1) is 12.2. The molecule has 0 unspecified atom stereocenters. The zero-order chi connectivity index (χ0) is 17.6. The van der Waals surface area contributed by atoms with E-state index in [1.165, 1.54) is 12.3 Å². The highest BCUT2D eigenvalue weighted by molar-refractivity contribution is 6.05. The van der Waals surface area contributed by atoms with E-state index >= 15 is 0 Å². The van der Waals surface area contributed by atoms with Crippen molar-refractivity contribution in [2.45, 2.75) is 0 Å². The first-order valence-corrected chi connectivity index (χ1v) is 7.42. The summed E-state index contributed by atoms with van der Waals surface area (Å²) in [6.07, 6.45) is 1.42. The highest BCUT2D eigenvalue weighted by Gasteiger charge is 2.10. The second-order valence-corrected chi connectivity index (χ2v) is 5.16. The van der Waals surface area contributed by atoms with Gasteiger partial charge in [-0.3, -0.25) is 9.59 Å². The Balaban J connectivity index is 1.72. The van der Waals surface area contributed by atoms with Crippen LogP contribution in [0.5, 0.6) is 0 Å². The summed E-state index contributed by atoms with van der Waals surface area (Å²) in [5, 5.41) is 14.3.